The summed E-state index contributed by atoms with van der Waals surface area (Å²) < 4.78 is 5.01. The van der Waals surface area contributed by atoms with Crippen LogP contribution in [0.1, 0.15) is 37.9 Å². The summed E-state index contributed by atoms with van der Waals surface area (Å²) in [6, 6.07) is 14.6. The van der Waals surface area contributed by atoms with Crippen LogP contribution in [0.5, 0.6) is 0 Å². The van der Waals surface area contributed by atoms with Crippen molar-refractivity contribution in [1.29, 1.82) is 0 Å². The van der Waals surface area contributed by atoms with Gasteiger partial charge in [-0.3, -0.25) is 33.7 Å². The van der Waals surface area contributed by atoms with Crippen LogP contribution in [0.4, 0.5) is 5.69 Å². The number of H-pyrrole nitrogens is 1. The number of aromatic nitrogens is 1. The third-order valence-corrected chi connectivity index (χ3v) is 9.71. The number of carboxylic acid groups (broad SMARTS) is 1. The van der Waals surface area contributed by atoms with Gasteiger partial charge in [0.2, 0.25) is 17.7 Å². The number of β-lactam (4-membered cyclic amide) rings is 1. The molecule has 266 valence electrons. The van der Waals surface area contributed by atoms with Gasteiger partial charge in [-0.05, 0) is 36.8 Å². The van der Waals surface area contributed by atoms with Gasteiger partial charge in [0.25, 0.3) is 11.5 Å². The number of aliphatic carboxylic acids is 1. The van der Waals surface area contributed by atoms with E-state index in [1.807, 2.05) is 0 Å². The molecule has 2 aliphatic heterocycles. The molecule has 16 heteroatoms. The molecule has 1 aromatic heterocycles. The minimum Gasteiger partial charge on any atom is -0.477 e. The number of pyridine rings is 1. The number of anilines is 1. The Bertz CT molecular complexity index is 2000. The summed E-state index contributed by atoms with van der Waals surface area (Å²) in [5.41, 5.74) is 13.1. The van der Waals surface area contributed by atoms with Crippen LogP contribution in [0.3, 0.4) is 0 Å². The third kappa shape index (κ3) is 7.47. The molecule has 5 rings (SSSR count). The van der Waals surface area contributed by atoms with Gasteiger partial charge in [0.15, 0.2) is 0 Å². The number of nitrogens with zero attached hydrogens (tertiary/aromatic N) is 3. The summed E-state index contributed by atoms with van der Waals surface area (Å²) in [5, 5.41) is 9.19. The SMILES string of the molecule is CC(=O)OCC1=C(C(=O)O)N2C(=O)C(N(Cc3ccc(-c4cccc(N(C(C)=O)C(=O)[C@@H](C)N)c4)[nH]c3=O)C(=O)C(N)c3ccccc3)[C@@H]2SC1. The van der Waals surface area contributed by atoms with E-state index in [4.69, 9.17) is 16.2 Å². The summed E-state index contributed by atoms with van der Waals surface area (Å²) in [7, 11) is 0. The van der Waals surface area contributed by atoms with Crippen LogP contribution >= 0.6 is 11.8 Å². The van der Waals surface area contributed by atoms with Gasteiger partial charge >= 0.3 is 11.9 Å². The van der Waals surface area contributed by atoms with Crippen LogP contribution in [0.25, 0.3) is 11.3 Å². The second kappa shape index (κ2) is 15.1. The predicted molar refractivity (Wildman–Crippen MR) is 186 cm³/mol. The van der Waals surface area contributed by atoms with Crippen molar-refractivity contribution in [2.24, 2.45) is 11.5 Å². The average Bonchev–Trinajstić information content (AvgIpc) is 3.10. The van der Waals surface area contributed by atoms with Gasteiger partial charge in [-0.15, -0.1) is 11.8 Å². The standard InChI is InChI=1S/C35H36N6O9S/c1-18(36)31(45)40(19(2)42)25-11-7-10-22(14-25)26-13-12-23(30(44)38-26)15-39(32(46)27(37)21-8-5-4-6-9-21)29-33(47)41-28(35(48)49)24(16-50-20(3)43)17-51-34(29)41/h4-14,18,27,29,34H,15-17,36-37H2,1-3H3,(H,38,44)(H,48,49)/t18-,27?,29?,34+/m1/s1. The van der Waals surface area contributed by atoms with Crippen molar-refractivity contribution in [1.82, 2.24) is 14.8 Å². The normalized spacial score (nSPS) is 17.8. The zero-order valence-electron chi connectivity index (χ0n) is 27.9. The van der Waals surface area contributed by atoms with Crippen LogP contribution in [0.2, 0.25) is 0 Å². The highest BCUT2D eigenvalue weighted by atomic mass is 32.2. The van der Waals surface area contributed by atoms with E-state index in [1.165, 1.54) is 43.5 Å². The Hall–Kier alpha value is -5.58. The number of nitrogens with one attached hydrogen (secondary N) is 1. The van der Waals surface area contributed by atoms with Crippen LogP contribution < -0.4 is 21.9 Å². The number of carbonyl (C=O) groups excluding carboxylic acids is 5. The Morgan fingerprint density at radius 3 is 2.31 bits per heavy atom. The number of hydrogen-bond donors (Lipinski definition) is 4. The quantitative estimate of drug-likeness (QED) is 0.164. The molecule has 0 radical (unpaired) electrons. The molecule has 2 aliphatic rings. The molecule has 4 atom stereocenters. The molecule has 0 bridgehead atoms. The summed E-state index contributed by atoms with van der Waals surface area (Å²) in [6.45, 7) is 3.23. The van der Waals surface area contributed by atoms with Crippen molar-refractivity contribution in [3.05, 3.63) is 99.5 Å². The summed E-state index contributed by atoms with van der Waals surface area (Å²) in [5.74, 6) is -4.39. The number of nitrogens with two attached hydrogens (primary N) is 2. The number of hydrogen-bond acceptors (Lipinski definition) is 11. The van der Waals surface area contributed by atoms with E-state index in [2.05, 4.69) is 4.98 Å². The first-order valence-corrected chi connectivity index (χ1v) is 16.8. The molecular weight excluding hydrogens is 680 g/mol. The maximum Gasteiger partial charge on any atom is 0.352 e. The summed E-state index contributed by atoms with van der Waals surface area (Å²) >= 11 is 1.19. The molecule has 51 heavy (non-hydrogen) atoms. The summed E-state index contributed by atoms with van der Waals surface area (Å²) in [6.07, 6.45) is 0. The Labute approximate surface area is 296 Å². The number of aromatic amines is 1. The lowest BCUT2D eigenvalue weighted by Crippen LogP contribution is -2.71. The van der Waals surface area contributed by atoms with E-state index in [0.29, 0.717) is 16.8 Å². The van der Waals surface area contributed by atoms with E-state index in [-0.39, 0.29) is 41.4 Å². The smallest absolute Gasteiger partial charge is 0.352 e. The highest BCUT2D eigenvalue weighted by Gasteiger charge is 2.57. The first-order chi connectivity index (χ1) is 24.2. The lowest BCUT2D eigenvalue weighted by Gasteiger charge is -2.53. The number of rotatable bonds is 11. The van der Waals surface area contributed by atoms with Crippen molar-refractivity contribution in [3.8, 4) is 11.3 Å². The van der Waals surface area contributed by atoms with Crippen molar-refractivity contribution < 1.29 is 38.6 Å². The van der Waals surface area contributed by atoms with E-state index in [9.17, 15) is 38.7 Å². The van der Waals surface area contributed by atoms with E-state index in [0.717, 1.165) is 9.80 Å². The monoisotopic (exact) mass is 716 g/mol. The van der Waals surface area contributed by atoms with Gasteiger partial charge in [-0.1, -0.05) is 42.5 Å². The largest absolute Gasteiger partial charge is 0.477 e. The van der Waals surface area contributed by atoms with Gasteiger partial charge in [0.05, 0.1) is 18.3 Å². The number of carboxylic acids is 1. The second-order valence-corrected chi connectivity index (χ2v) is 13.1. The van der Waals surface area contributed by atoms with Crippen molar-refractivity contribution >= 4 is 53.0 Å². The molecule has 15 nitrogen and oxygen atoms in total. The summed E-state index contributed by atoms with van der Waals surface area (Å²) in [4.78, 5) is 96.0. The number of amides is 4. The average molecular weight is 717 g/mol. The zero-order chi connectivity index (χ0) is 37.1. The van der Waals surface area contributed by atoms with Crippen molar-refractivity contribution in [2.75, 3.05) is 17.3 Å². The first-order valence-electron chi connectivity index (χ1n) is 15.8. The van der Waals surface area contributed by atoms with Gasteiger partial charge in [0.1, 0.15) is 29.8 Å². The Morgan fingerprint density at radius 2 is 1.71 bits per heavy atom. The fourth-order valence-corrected chi connectivity index (χ4v) is 7.27. The molecule has 6 N–H and O–H groups in total. The number of ether oxygens (including phenoxy) is 1. The fourth-order valence-electron chi connectivity index (χ4n) is 5.87. The highest BCUT2D eigenvalue weighted by Crippen LogP contribution is 2.43. The minimum absolute atomic E-state index is 0.109. The van der Waals surface area contributed by atoms with Gasteiger partial charge in [-0.25, -0.2) is 9.69 Å². The number of esters is 1. The number of imide groups is 1. The van der Waals surface area contributed by atoms with Gasteiger partial charge < -0.3 is 31.2 Å². The molecule has 2 unspecified atom stereocenters. The maximum absolute atomic E-state index is 14.1. The second-order valence-electron chi connectivity index (χ2n) is 12.0. The molecule has 1 saturated heterocycles. The number of thioether (sulfide) groups is 1. The number of benzene rings is 2. The van der Waals surface area contributed by atoms with E-state index < -0.39 is 64.6 Å². The Morgan fingerprint density at radius 1 is 1.00 bits per heavy atom. The molecule has 0 spiro atoms. The molecule has 0 aliphatic carbocycles. The van der Waals surface area contributed by atoms with Crippen molar-refractivity contribution in [2.45, 2.75) is 50.8 Å². The van der Waals surface area contributed by atoms with Crippen LogP contribution in [-0.4, -0.2) is 85.3 Å². The number of carbonyl (C=O) groups is 6. The molecule has 3 aromatic rings. The van der Waals surface area contributed by atoms with Crippen LogP contribution in [-0.2, 0) is 40.0 Å². The van der Waals surface area contributed by atoms with E-state index in [1.54, 1.807) is 60.7 Å². The van der Waals surface area contributed by atoms with Gasteiger partial charge in [-0.2, -0.15) is 0 Å². The van der Waals surface area contributed by atoms with E-state index >= 15 is 0 Å². The van der Waals surface area contributed by atoms with Gasteiger partial charge in [0, 0.05) is 42.0 Å². The third-order valence-electron chi connectivity index (χ3n) is 8.39. The number of fused-ring (bicyclic) bond motifs is 1. The van der Waals surface area contributed by atoms with Crippen molar-refractivity contribution in [3.63, 3.8) is 0 Å². The van der Waals surface area contributed by atoms with Crippen LogP contribution in [0, 0.1) is 0 Å². The zero-order valence-corrected chi connectivity index (χ0v) is 28.7. The molecule has 3 heterocycles. The highest BCUT2D eigenvalue weighted by molar-refractivity contribution is 8.00. The topological polar surface area (TPSA) is 226 Å². The Balaban J connectivity index is 1.48. The predicted octanol–water partition coefficient (Wildman–Crippen LogP) is 1.48. The molecule has 2 aromatic carbocycles. The first kappa shape index (κ1) is 36.7. The van der Waals surface area contributed by atoms with Crippen LogP contribution in [0.15, 0.2) is 82.8 Å². The molecular formula is C35H36N6O9S. The lowest BCUT2D eigenvalue weighted by atomic mass is 9.98. The lowest BCUT2D eigenvalue weighted by molar-refractivity contribution is -0.161. The minimum atomic E-state index is -1.39. The Kier molecular flexibility index (Phi) is 10.9. The fraction of sp³-hybridized carbons (Fsp3) is 0.286. The molecule has 0 saturated carbocycles. The molecule has 4 amide bonds. The molecule has 1 fully saturated rings. The maximum atomic E-state index is 14.1.